The molecule has 3 heterocycles. The second kappa shape index (κ2) is 6.60. The predicted molar refractivity (Wildman–Crippen MR) is 93.5 cm³/mol. The van der Waals surface area contributed by atoms with Crippen LogP contribution < -0.4 is 9.64 Å². The number of aromatic nitrogens is 3. The van der Waals surface area contributed by atoms with Gasteiger partial charge in [-0.05, 0) is 28.7 Å². The highest BCUT2D eigenvalue weighted by Gasteiger charge is 2.25. The Kier molecular flexibility index (Phi) is 4.13. The SMILES string of the molecule is COc1cccc(C2CN(c3ccc4ncc([N+](=O)[O-])n4n3)CCO2)c1. The highest BCUT2D eigenvalue weighted by Crippen LogP contribution is 2.27. The monoisotopic (exact) mass is 355 g/mol. The lowest BCUT2D eigenvalue weighted by Gasteiger charge is -2.33. The third-order valence-corrected chi connectivity index (χ3v) is 4.37. The van der Waals surface area contributed by atoms with Crippen molar-refractivity contribution in [3.8, 4) is 5.75 Å². The lowest BCUT2D eigenvalue weighted by Crippen LogP contribution is -2.39. The highest BCUT2D eigenvalue weighted by molar-refractivity contribution is 5.49. The fourth-order valence-electron chi connectivity index (χ4n) is 3.05. The zero-order valence-corrected chi connectivity index (χ0v) is 14.1. The average Bonchev–Trinajstić information content (AvgIpc) is 3.11. The van der Waals surface area contributed by atoms with Crippen LogP contribution in [0.5, 0.6) is 5.75 Å². The lowest BCUT2D eigenvalue weighted by molar-refractivity contribution is -0.391. The number of benzene rings is 1. The summed E-state index contributed by atoms with van der Waals surface area (Å²) in [5.74, 6) is 1.27. The highest BCUT2D eigenvalue weighted by atomic mass is 16.6. The van der Waals surface area contributed by atoms with Crippen molar-refractivity contribution in [2.45, 2.75) is 6.10 Å². The zero-order chi connectivity index (χ0) is 18.1. The number of fused-ring (bicyclic) bond motifs is 1. The molecule has 9 nitrogen and oxygen atoms in total. The summed E-state index contributed by atoms with van der Waals surface area (Å²) in [5.41, 5.74) is 1.46. The zero-order valence-electron chi connectivity index (χ0n) is 14.1. The summed E-state index contributed by atoms with van der Waals surface area (Å²) in [5, 5.41) is 15.5. The number of nitro groups is 1. The number of ether oxygens (including phenoxy) is 2. The second-order valence-electron chi connectivity index (χ2n) is 5.92. The van der Waals surface area contributed by atoms with Gasteiger partial charge in [0.25, 0.3) is 0 Å². The van der Waals surface area contributed by atoms with Gasteiger partial charge >= 0.3 is 5.82 Å². The molecule has 9 heteroatoms. The molecular formula is C17H17N5O4. The molecule has 3 aromatic rings. The minimum Gasteiger partial charge on any atom is -0.497 e. The van der Waals surface area contributed by atoms with Crippen LogP contribution in [0.1, 0.15) is 11.7 Å². The third-order valence-electron chi connectivity index (χ3n) is 4.37. The summed E-state index contributed by atoms with van der Waals surface area (Å²) < 4.78 is 12.4. The van der Waals surface area contributed by atoms with E-state index in [2.05, 4.69) is 15.0 Å². The summed E-state index contributed by atoms with van der Waals surface area (Å²) in [6, 6.07) is 11.3. The number of imidazole rings is 1. The van der Waals surface area contributed by atoms with E-state index in [0.29, 0.717) is 31.2 Å². The number of methoxy groups -OCH3 is 1. The minimum absolute atomic E-state index is 0.130. The molecule has 0 radical (unpaired) electrons. The van der Waals surface area contributed by atoms with Crippen molar-refractivity contribution in [3.05, 3.63) is 58.3 Å². The van der Waals surface area contributed by atoms with E-state index >= 15 is 0 Å². The van der Waals surface area contributed by atoms with Crippen molar-refractivity contribution in [1.82, 2.24) is 14.6 Å². The fraction of sp³-hybridized carbons (Fsp3) is 0.294. The van der Waals surface area contributed by atoms with E-state index < -0.39 is 4.92 Å². The van der Waals surface area contributed by atoms with Gasteiger partial charge in [-0.15, -0.1) is 0 Å². The van der Waals surface area contributed by atoms with Crippen molar-refractivity contribution in [2.24, 2.45) is 0 Å². The molecule has 0 aliphatic carbocycles. The molecule has 1 unspecified atom stereocenters. The smallest absolute Gasteiger partial charge is 0.368 e. The second-order valence-corrected chi connectivity index (χ2v) is 5.92. The van der Waals surface area contributed by atoms with Crippen molar-refractivity contribution in [2.75, 3.05) is 31.7 Å². The van der Waals surface area contributed by atoms with E-state index in [0.717, 1.165) is 11.3 Å². The Hall–Kier alpha value is -3.20. The van der Waals surface area contributed by atoms with E-state index in [-0.39, 0.29) is 11.9 Å². The predicted octanol–water partition coefficient (Wildman–Crippen LogP) is 2.22. The van der Waals surface area contributed by atoms with Crippen LogP contribution in [0.3, 0.4) is 0 Å². The number of hydrogen-bond donors (Lipinski definition) is 0. The lowest BCUT2D eigenvalue weighted by atomic mass is 10.1. The van der Waals surface area contributed by atoms with Gasteiger partial charge in [0, 0.05) is 19.2 Å². The summed E-state index contributed by atoms with van der Waals surface area (Å²) in [6.45, 7) is 1.78. The molecule has 0 spiro atoms. The Bertz CT molecular complexity index is 957. The molecule has 1 aliphatic heterocycles. The third kappa shape index (κ3) is 2.93. The Labute approximate surface area is 148 Å². The molecule has 134 valence electrons. The standard InChI is InChI=1S/C17H17N5O4/c1-25-13-4-2-3-12(9-13)14-11-20(7-8-26-14)16-6-5-15-18-10-17(22(23)24)21(15)19-16/h2-6,9-10,14H,7-8,11H2,1H3. The summed E-state index contributed by atoms with van der Waals surface area (Å²) in [6.07, 6.45) is 1.08. The van der Waals surface area contributed by atoms with Gasteiger partial charge in [-0.1, -0.05) is 21.7 Å². The van der Waals surface area contributed by atoms with Crippen LogP contribution in [0.25, 0.3) is 5.65 Å². The van der Waals surface area contributed by atoms with E-state index in [1.54, 1.807) is 13.2 Å². The first kappa shape index (κ1) is 16.3. The number of anilines is 1. The fourth-order valence-corrected chi connectivity index (χ4v) is 3.05. The molecule has 0 saturated carbocycles. The van der Waals surface area contributed by atoms with Crippen molar-refractivity contribution in [1.29, 1.82) is 0 Å². The van der Waals surface area contributed by atoms with Crippen molar-refractivity contribution >= 4 is 17.3 Å². The number of morpholine rings is 1. The van der Waals surface area contributed by atoms with Gasteiger partial charge in [-0.3, -0.25) is 0 Å². The first-order chi connectivity index (χ1) is 12.7. The molecule has 26 heavy (non-hydrogen) atoms. The van der Waals surface area contributed by atoms with Crippen LogP contribution >= 0.6 is 0 Å². The number of nitrogens with zero attached hydrogens (tertiary/aromatic N) is 5. The van der Waals surface area contributed by atoms with Crippen molar-refractivity contribution < 1.29 is 14.4 Å². The molecule has 0 N–H and O–H groups in total. The van der Waals surface area contributed by atoms with Gasteiger partial charge in [-0.2, -0.15) is 0 Å². The number of hydrogen-bond acceptors (Lipinski definition) is 7. The Morgan fingerprint density at radius 2 is 2.23 bits per heavy atom. The van der Waals surface area contributed by atoms with Crippen LogP contribution in [-0.2, 0) is 4.74 Å². The maximum absolute atomic E-state index is 11.1. The Morgan fingerprint density at radius 1 is 1.35 bits per heavy atom. The molecule has 1 aliphatic rings. The van der Waals surface area contributed by atoms with Crippen LogP contribution in [0.4, 0.5) is 11.6 Å². The quantitative estimate of drug-likeness (QED) is 0.523. The van der Waals surface area contributed by atoms with Crippen LogP contribution in [0.2, 0.25) is 0 Å². The van der Waals surface area contributed by atoms with Gasteiger partial charge in [0.15, 0.2) is 5.82 Å². The minimum atomic E-state index is -0.491. The first-order valence-electron chi connectivity index (χ1n) is 8.15. The van der Waals surface area contributed by atoms with Crippen LogP contribution in [-0.4, -0.2) is 46.3 Å². The Balaban J connectivity index is 1.62. The van der Waals surface area contributed by atoms with E-state index in [9.17, 15) is 10.1 Å². The topological polar surface area (TPSA) is 95.0 Å². The van der Waals surface area contributed by atoms with E-state index in [1.807, 2.05) is 30.3 Å². The van der Waals surface area contributed by atoms with Gasteiger partial charge in [0.1, 0.15) is 18.1 Å². The van der Waals surface area contributed by atoms with Crippen LogP contribution in [0, 0.1) is 10.1 Å². The first-order valence-corrected chi connectivity index (χ1v) is 8.15. The molecule has 4 rings (SSSR count). The normalized spacial score (nSPS) is 17.4. The van der Waals surface area contributed by atoms with Crippen molar-refractivity contribution in [3.63, 3.8) is 0 Å². The molecule has 2 aromatic heterocycles. The summed E-state index contributed by atoms with van der Waals surface area (Å²) in [7, 11) is 1.63. The van der Waals surface area contributed by atoms with Gasteiger partial charge < -0.3 is 24.5 Å². The number of rotatable bonds is 4. The van der Waals surface area contributed by atoms with E-state index in [4.69, 9.17) is 9.47 Å². The molecular weight excluding hydrogens is 338 g/mol. The molecule has 1 aromatic carbocycles. The maximum atomic E-state index is 11.1. The van der Waals surface area contributed by atoms with Gasteiger partial charge in [-0.25, -0.2) is 4.98 Å². The van der Waals surface area contributed by atoms with E-state index in [1.165, 1.54) is 10.7 Å². The summed E-state index contributed by atoms with van der Waals surface area (Å²) >= 11 is 0. The largest absolute Gasteiger partial charge is 0.497 e. The Morgan fingerprint density at radius 3 is 3.04 bits per heavy atom. The molecule has 0 amide bonds. The van der Waals surface area contributed by atoms with Gasteiger partial charge in [0.2, 0.25) is 5.65 Å². The average molecular weight is 355 g/mol. The van der Waals surface area contributed by atoms with Gasteiger partial charge in [0.05, 0.1) is 13.7 Å². The molecule has 0 bridgehead atoms. The molecule has 1 saturated heterocycles. The molecule has 1 atom stereocenters. The summed E-state index contributed by atoms with van der Waals surface area (Å²) in [4.78, 5) is 16.7. The molecule has 1 fully saturated rings. The maximum Gasteiger partial charge on any atom is 0.368 e. The van der Waals surface area contributed by atoms with Crippen LogP contribution in [0.15, 0.2) is 42.6 Å².